The van der Waals surface area contributed by atoms with Gasteiger partial charge in [-0.2, -0.15) is 0 Å². The summed E-state index contributed by atoms with van der Waals surface area (Å²) in [5.74, 6) is 1.20. The van der Waals surface area contributed by atoms with Gasteiger partial charge in [-0.1, -0.05) is 0 Å². The Bertz CT molecular complexity index is 1560. The molecule has 208 valence electrons. The van der Waals surface area contributed by atoms with Crippen LogP contribution in [-0.2, 0) is 9.53 Å². The number of carbonyl (C=O) groups is 2. The van der Waals surface area contributed by atoms with Crippen LogP contribution in [0.2, 0.25) is 5.02 Å². The van der Waals surface area contributed by atoms with Gasteiger partial charge in [-0.05, 0) is 0 Å². The molecule has 40 heavy (non-hydrogen) atoms. The van der Waals surface area contributed by atoms with Crippen LogP contribution in [0.5, 0.6) is 11.5 Å². The molecule has 5 rings (SSSR count). The van der Waals surface area contributed by atoms with Gasteiger partial charge in [0.05, 0.1) is 7.11 Å². The summed E-state index contributed by atoms with van der Waals surface area (Å²) in [6, 6.07) is 15.7. The van der Waals surface area contributed by atoms with Crippen molar-refractivity contribution >= 4 is 46.3 Å². The Balaban J connectivity index is 1.34. The van der Waals surface area contributed by atoms with Crippen LogP contribution < -0.4 is 41.6 Å². The Kier molecular flexibility index (Phi) is 8.35. The van der Waals surface area contributed by atoms with Crippen molar-refractivity contribution in [2.45, 2.75) is 0 Å². The van der Waals surface area contributed by atoms with Gasteiger partial charge in [-0.3, -0.25) is 0 Å². The van der Waals surface area contributed by atoms with Gasteiger partial charge in [0, 0.05) is 0 Å². The molecule has 0 spiro atoms. The van der Waals surface area contributed by atoms with Crippen molar-refractivity contribution in [3.05, 3.63) is 65.2 Å². The van der Waals surface area contributed by atoms with Gasteiger partial charge in [0.15, 0.2) is 0 Å². The first-order valence-electron chi connectivity index (χ1n) is 12.1. The average molecular weight is 676 g/mol. The number of esters is 1. The van der Waals surface area contributed by atoms with Crippen molar-refractivity contribution in [1.29, 1.82) is 0 Å². The second-order valence-electron chi connectivity index (χ2n) is 8.60. The number of hydrogen-bond acceptors (Lipinski definition) is 10. The number of nitrogen functional groups attached to an aromatic ring is 1. The number of carbonyl (C=O) groups excluding carboxylic acids is 2. The molecule has 0 aliphatic carbocycles. The fourth-order valence-electron chi connectivity index (χ4n) is 4.08. The van der Waals surface area contributed by atoms with Crippen molar-refractivity contribution in [3.63, 3.8) is 0 Å². The predicted molar refractivity (Wildman–Crippen MR) is 146 cm³/mol. The number of amides is 1. The first kappa shape index (κ1) is 27.6. The molecule has 4 aromatic rings. The second-order valence-corrected chi connectivity index (χ2v) is 11.6. The van der Waals surface area contributed by atoms with Gasteiger partial charge in [-0.15, -0.1) is 0 Å². The second kappa shape index (κ2) is 12.1. The number of anilines is 2. The van der Waals surface area contributed by atoms with Gasteiger partial charge in [0.2, 0.25) is 0 Å². The Morgan fingerprint density at radius 2 is 1.82 bits per heavy atom. The van der Waals surface area contributed by atoms with E-state index in [1.54, 1.807) is 42.5 Å². The van der Waals surface area contributed by atoms with Crippen LogP contribution in [0.4, 0.5) is 11.8 Å². The minimum atomic E-state index is -0.664. The minimum absolute atomic E-state index is 0.0338. The molecule has 2 N–H and O–H groups in total. The number of nitrogens with two attached hydrogens (primary N) is 1. The molecule has 1 aliphatic rings. The molecule has 1 aliphatic heterocycles. The summed E-state index contributed by atoms with van der Waals surface area (Å²) in [4.78, 5) is 40.7. The first-order chi connectivity index (χ1) is 19.4. The molecule has 0 radical (unpaired) electrons. The molecule has 13 heteroatoms. The summed E-state index contributed by atoms with van der Waals surface area (Å²) >= 11 is 5.24. The van der Waals surface area contributed by atoms with E-state index in [0.717, 1.165) is 5.56 Å². The SMILES string of the molecule is COC(=O)c1ccc(-c2ccc3nc(N)nc(N4CCN(C(=O)COc5ccc(Cl)cc5)[I-]C4)c3n2)cc1OC. The molecule has 0 saturated carbocycles. The van der Waals surface area contributed by atoms with Crippen LogP contribution in [0.3, 0.4) is 0 Å². The molecule has 0 unspecified atom stereocenters. The van der Waals surface area contributed by atoms with E-state index in [1.165, 1.54) is 14.2 Å². The Morgan fingerprint density at radius 1 is 1.02 bits per heavy atom. The maximum absolute atomic E-state index is 12.8. The van der Waals surface area contributed by atoms with Gasteiger partial charge >= 0.3 is 240 Å². The molecule has 1 fully saturated rings. The van der Waals surface area contributed by atoms with Crippen LogP contribution in [0.1, 0.15) is 10.4 Å². The van der Waals surface area contributed by atoms with E-state index in [4.69, 9.17) is 36.5 Å². The summed E-state index contributed by atoms with van der Waals surface area (Å²) in [6.07, 6.45) is 0. The summed E-state index contributed by atoms with van der Waals surface area (Å²) in [5, 5.41) is 0.608. The standard InChI is InChI=1S/C27H25ClIN6O5/c1-38-22-13-16(3-8-19(22)26(37)39-2)20-9-10-21-24(31-20)25(33-27(30)32-21)34-11-12-35(29-15-34)23(36)14-40-18-6-4-17(28)5-7-18/h3-10,13H,11-12,14-15H2,1-2H3,(H2,30,32,33)/q-1. The van der Waals surface area contributed by atoms with E-state index in [2.05, 4.69) is 14.9 Å². The molecule has 11 nitrogen and oxygen atoms in total. The number of halogens is 2. The number of rotatable bonds is 7. The van der Waals surface area contributed by atoms with Crippen molar-refractivity contribution in [1.82, 2.24) is 18.1 Å². The number of fused-ring (bicyclic) bond motifs is 1. The molecule has 2 aromatic heterocycles. The summed E-state index contributed by atoms with van der Waals surface area (Å²) < 4.78 is 18.4. The van der Waals surface area contributed by atoms with Crippen LogP contribution in [0.25, 0.3) is 22.3 Å². The quantitative estimate of drug-likeness (QED) is 0.0966. The zero-order valence-electron chi connectivity index (χ0n) is 21.6. The molecule has 0 atom stereocenters. The third kappa shape index (κ3) is 5.97. The van der Waals surface area contributed by atoms with Crippen molar-refractivity contribution in [2.75, 3.05) is 49.1 Å². The summed E-state index contributed by atoms with van der Waals surface area (Å²) in [7, 11) is 2.81. The third-order valence-electron chi connectivity index (χ3n) is 6.10. The first-order valence-corrected chi connectivity index (χ1v) is 15.0. The number of nitrogens with zero attached hydrogens (tertiary/aromatic N) is 5. The van der Waals surface area contributed by atoms with Crippen molar-refractivity contribution < 1.29 is 45.3 Å². The average Bonchev–Trinajstić information content (AvgIpc) is 2.99. The third-order valence-corrected chi connectivity index (χ3v) is 9.32. The number of alkyl halides is 1. The number of methoxy groups -OCH3 is 2. The van der Waals surface area contributed by atoms with E-state index in [1.807, 2.05) is 15.2 Å². The van der Waals surface area contributed by atoms with E-state index < -0.39 is 27.4 Å². The van der Waals surface area contributed by atoms with Crippen LogP contribution >= 0.6 is 11.6 Å². The Labute approximate surface area is 245 Å². The van der Waals surface area contributed by atoms with E-state index in [9.17, 15) is 9.59 Å². The molecule has 1 saturated heterocycles. The van der Waals surface area contributed by atoms with Gasteiger partial charge in [0.25, 0.3) is 0 Å². The number of aromatic nitrogens is 3. The number of ether oxygens (including phenoxy) is 3. The monoisotopic (exact) mass is 675 g/mol. The van der Waals surface area contributed by atoms with Crippen LogP contribution in [0, 0.1) is 0 Å². The predicted octanol–water partition coefficient (Wildman–Crippen LogP) is 0.412. The Morgan fingerprint density at radius 3 is 2.52 bits per heavy atom. The van der Waals surface area contributed by atoms with E-state index >= 15 is 0 Å². The normalized spacial score (nSPS) is 13.5. The number of pyridine rings is 1. The van der Waals surface area contributed by atoms with E-state index in [-0.39, 0.29) is 18.5 Å². The van der Waals surface area contributed by atoms with Crippen molar-refractivity contribution in [2.24, 2.45) is 0 Å². The zero-order chi connectivity index (χ0) is 28.2. The summed E-state index contributed by atoms with van der Waals surface area (Å²) in [5.41, 5.74) is 8.96. The van der Waals surface area contributed by atoms with Gasteiger partial charge in [-0.25, -0.2) is 0 Å². The topological polar surface area (TPSA) is 133 Å². The number of hydrogen-bond donors (Lipinski definition) is 1. The zero-order valence-corrected chi connectivity index (χ0v) is 24.5. The molecular weight excluding hydrogens is 651 g/mol. The molecular formula is C27H25ClIN6O5-. The molecule has 2 aromatic carbocycles. The van der Waals surface area contributed by atoms with Crippen LogP contribution in [0.15, 0.2) is 54.6 Å². The molecule has 1 amide bonds. The van der Waals surface area contributed by atoms with Crippen LogP contribution in [-0.4, -0.2) is 68.4 Å². The maximum atomic E-state index is 12.8. The fourth-order valence-corrected chi connectivity index (χ4v) is 6.69. The number of benzene rings is 2. The Hall–Kier alpha value is -3.91. The van der Waals surface area contributed by atoms with E-state index in [0.29, 0.717) is 62.3 Å². The summed E-state index contributed by atoms with van der Waals surface area (Å²) in [6.45, 7) is 1.06. The van der Waals surface area contributed by atoms with Gasteiger partial charge in [0.1, 0.15) is 0 Å². The molecule has 3 heterocycles. The van der Waals surface area contributed by atoms with Crippen molar-refractivity contribution in [3.8, 4) is 22.8 Å². The fraction of sp³-hybridized carbons (Fsp3) is 0.222. The van der Waals surface area contributed by atoms with Gasteiger partial charge < -0.3 is 0 Å². The molecule has 0 bridgehead atoms.